The Bertz CT molecular complexity index is 367. The zero-order chi connectivity index (χ0) is 12.3. The Morgan fingerprint density at radius 2 is 2.24 bits per heavy atom. The Morgan fingerprint density at radius 3 is 3.00 bits per heavy atom. The van der Waals surface area contributed by atoms with Crippen molar-refractivity contribution in [2.75, 3.05) is 20.3 Å². The lowest BCUT2D eigenvalue weighted by molar-refractivity contribution is 0.0617. The van der Waals surface area contributed by atoms with Gasteiger partial charge in [0, 0.05) is 19.7 Å². The van der Waals surface area contributed by atoms with E-state index < -0.39 is 6.10 Å². The van der Waals surface area contributed by atoms with Gasteiger partial charge in [-0.3, -0.25) is 0 Å². The maximum Gasteiger partial charge on any atom is 0.0897 e. The molecule has 0 unspecified atom stereocenters. The van der Waals surface area contributed by atoms with Gasteiger partial charge in [-0.2, -0.15) is 0 Å². The summed E-state index contributed by atoms with van der Waals surface area (Å²) in [5.41, 5.74) is 2.81. The third kappa shape index (κ3) is 2.86. The molecule has 2 N–H and O–H groups in total. The molecule has 1 aliphatic carbocycles. The molecule has 1 aromatic rings. The molecular weight excluding hydrogens is 214 g/mol. The molecule has 0 saturated heterocycles. The summed E-state index contributed by atoms with van der Waals surface area (Å²) < 4.78 is 4.93. The Hall–Kier alpha value is -0.900. The van der Waals surface area contributed by atoms with Gasteiger partial charge in [-0.25, -0.2) is 0 Å². The molecule has 0 bridgehead atoms. The van der Waals surface area contributed by atoms with Crippen LogP contribution in [0.1, 0.15) is 24.1 Å². The third-order valence-corrected chi connectivity index (χ3v) is 3.43. The van der Waals surface area contributed by atoms with Gasteiger partial charge in [0.05, 0.1) is 12.7 Å². The minimum Gasteiger partial charge on any atom is -0.389 e. The van der Waals surface area contributed by atoms with E-state index in [1.165, 1.54) is 11.1 Å². The lowest BCUT2D eigenvalue weighted by Gasteiger charge is -2.20. The Morgan fingerprint density at radius 1 is 1.47 bits per heavy atom. The molecule has 0 aliphatic heterocycles. The van der Waals surface area contributed by atoms with Crippen molar-refractivity contribution >= 4 is 0 Å². The van der Waals surface area contributed by atoms with E-state index in [4.69, 9.17) is 4.74 Å². The molecule has 0 fully saturated rings. The van der Waals surface area contributed by atoms with Gasteiger partial charge >= 0.3 is 0 Å². The third-order valence-electron chi connectivity index (χ3n) is 3.43. The maximum absolute atomic E-state index is 9.66. The molecule has 0 saturated carbocycles. The van der Waals surface area contributed by atoms with Crippen molar-refractivity contribution in [1.29, 1.82) is 0 Å². The van der Waals surface area contributed by atoms with Crippen molar-refractivity contribution < 1.29 is 9.84 Å². The zero-order valence-corrected chi connectivity index (χ0v) is 10.5. The van der Waals surface area contributed by atoms with Gasteiger partial charge in [0.2, 0.25) is 0 Å². The van der Waals surface area contributed by atoms with Crippen molar-refractivity contribution in [2.45, 2.75) is 25.5 Å². The van der Waals surface area contributed by atoms with Crippen molar-refractivity contribution in [1.82, 2.24) is 5.32 Å². The largest absolute Gasteiger partial charge is 0.389 e. The van der Waals surface area contributed by atoms with E-state index in [1.807, 2.05) is 0 Å². The maximum atomic E-state index is 9.66. The van der Waals surface area contributed by atoms with Crippen molar-refractivity contribution in [3.8, 4) is 0 Å². The number of hydrogen-bond donors (Lipinski definition) is 2. The number of hydrogen-bond acceptors (Lipinski definition) is 3. The van der Waals surface area contributed by atoms with Crippen LogP contribution in [0.4, 0.5) is 0 Å². The molecule has 17 heavy (non-hydrogen) atoms. The van der Waals surface area contributed by atoms with Crippen LogP contribution in [0.15, 0.2) is 24.3 Å². The van der Waals surface area contributed by atoms with E-state index in [9.17, 15) is 5.11 Å². The molecule has 1 aliphatic rings. The first kappa shape index (κ1) is 12.6. The molecule has 0 aromatic heterocycles. The predicted octanol–water partition coefficient (Wildman–Crippen LogP) is 1.52. The van der Waals surface area contributed by atoms with Gasteiger partial charge in [0.25, 0.3) is 0 Å². The number of fused-ring (bicyclic) bond motifs is 1. The van der Waals surface area contributed by atoms with Crippen LogP contribution >= 0.6 is 0 Å². The summed E-state index contributed by atoms with van der Waals surface area (Å²) >= 11 is 0. The van der Waals surface area contributed by atoms with Crippen LogP contribution in [0.5, 0.6) is 0 Å². The highest BCUT2D eigenvalue weighted by molar-refractivity contribution is 5.35. The van der Waals surface area contributed by atoms with Crippen LogP contribution < -0.4 is 5.32 Å². The highest BCUT2D eigenvalue weighted by Crippen LogP contribution is 2.35. The zero-order valence-electron chi connectivity index (χ0n) is 10.5. The SMILES string of the molecule is COC[C@H](O)CN[C@H]1c2ccccc2C[C@H]1C. The summed E-state index contributed by atoms with van der Waals surface area (Å²) in [7, 11) is 1.61. The lowest BCUT2D eigenvalue weighted by atomic mass is 10.0. The minimum absolute atomic E-state index is 0.359. The number of rotatable bonds is 5. The van der Waals surface area contributed by atoms with Gasteiger partial charge in [-0.15, -0.1) is 0 Å². The van der Waals surface area contributed by atoms with Gasteiger partial charge in [-0.05, 0) is 23.5 Å². The molecule has 0 radical (unpaired) electrons. The summed E-state index contributed by atoms with van der Waals surface area (Å²) in [4.78, 5) is 0. The van der Waals surface area contributed by atoms with E-state index in [-0.39, 0.29) is 0 Å². The quantitative estimate of drug-likeness (QED) is 0.813. The fraction of sp³-hybridized carbons (Fsp3) is 0.571. The summed E-state index contributed by atoms with van der Waals surface area (Å²) in [6.07, 6.45) is 0.689. The predicted molar refractivity (Wildman–Crippen MR) is 67.9 cm³/mol. The molecular formula is C14H21NO2. The highest BCUT2D eigenvalue weighted by atomic mass is 16.5. The van der Waals surface area contributed by atoms with E-state index in [2.05, 4.69) is 36.5 Å². The van der Waals surface area contributed by atoms with Crippen LogP contribution in [-0.4, -0.2) is 31.5 Å². The summed E-state index contributed by atoms with van der Waals surface area (Å²) in [6.45, 7) is 3.22. The Balaban J connectivity index is 1.97. The van der Waals surface area contributed by atoms with E-state index in [0.29, 0.717) is 25.1 Å². The number of nitrogens with one attached hydrogen (secondary N) is 1. The molecule has 3 heteroatoms. The number of ether oxygens (including phenoxy) is 1. The monoisotopic (exact) mass is 235 g/mol. The van der Waals surface area contributed by atoms with Crippen molar-refractivity contribution in [3.05, 3.63) is 35.4 Å². The van der Waals surface area contributed by atoms with Gasteiger partial charge in [0.1, 0.15) is 0 Å². The van der Waals surface area contributed by atoms with Crippen LogP contribution in [0, 0.1) is 5.92 Å². The van der Waals surface area contributed by atoms with Crippen LogP contribution in [0.3, 0.4) is 0 Å². The summed E-state index contributed by atoms with van der Waals surface area (Å²) in [6, 6.07) is 8.90. The van der Waals surface area contributed by atoms with Crippen LogP contribution in [0.25, 0.3) is 0 Å². The van der Waals surface area contributed by atoms with Gasteiger partial charge in [0.15, 0.2) is 0 Å². The summed E-state index contributed by atoms with van der Waals surface area (Å²) in [5, 5.41) is 13.1. The van der Waals surface area contributed by atoms with E-state index in [1.54, 1.807) is 7.11 Å². The highest BCUT2D eigenvalue weighted by Gasteiger charge is 2.28. The Kier molecular flexibility index (Phi) is 4.15. The number of benzene rings is 1. The van der Waals surface area contributed by atoms with E-state index >= 15 is 0 Å². The van der Waals surface area contributed by atoms with Gasteiger partial charge in [-0.1, -0.05) is 31.2 Å². The van der Waals surface area contributed by atoms with Crippen molar-refractivity contribution in [2.24, 2.45) is 5.92 Å². The molecule has 0 heterocycles. The molecule has 2 rings (SSSR count). The molecule has 1 aromatic carbocycles. The molecule has 3 nitrogen and oxygen atoms in total. The Labute approximate surface area is 103 Å². The normalized spacial score (nSPS) is 24.6. The second-order valence-corrected chi connectivity index (χ2v) is 4.88. The first-order valence-corrected chi connectivity index (χ1v) is 6.20. The number of aliphatic hydroxyl groups is 1. The van der Waals surface area contributed by atoms with Crippen LogP contribution in [-0.2, 0) is 11.2 Å². The number of aliphatic hydroxyl groups excluding tert-OH is 1. The van der Waals surface area contributed by atoms with Crippen LogP contribution in [0.2, 0.25) is 0 Å². The topological polar surface area (TPSA) is 41.5 Å². The van der Waals surface area contributed by atoms with Gasteiger partial charge < -0.3 is 15.2 Å². The van der Waals surface area contributed by atoms with E-state index in [0.717, 1.165) is 6.42 Å². The van der Waals surface area contributed by atoms with Crippen molar-refractivity contribution in [3.63, 3.8) is 0 Å². The first-order chi connectivity index (χ1) is 8.22. The second kappa shape index (κ2) is 5.63. The second-order valence-electron chi connectivity index (χ2n) is 4.88. The fourth-order valence-electron chi connectivity index (χ4n) is 2.62. The molecule has 94 valence electrons. The molecule has 0 spiro atoms. The average molecular weight is 235 g/mol. The average Bonchev–Trinajstić information content (AvgIpc) is 2.62. The number of methoxy groups -OCH3 is 1. The smallest absolute Gasteiger partial charge is 0.0897 e. The standard InChI is InChI=1S/C14H21NO2/c1-10-7-11-5-3-4-6-13(11)14(10)15-8-12(16)9-17-2/h3-6,10,12,14-16H,7-9H2,1-2H3/t10-,12-,14-/m1/s1. The molecule has 0 amide bonds. The fourth-order valence-corrected chi connectivity index (χ4v) is 2.62. The minimum atomic E-state index is -0.431. The lowest BCUT2D eigenvalue weighted by Crippen LogP contribution is -2.34. The summed E-state index contributed by atoms with van der Waals surface area (Å²) in [5.74, 6) is 0.585. The first-order valence-electron chi connectivity index (χ1n) is 6.20. The molecule has 3 atom stereocenters.